The first-order chi connectivity index (χ1) is 11.4. The number of halogens is 1. The number of nitrogens with zero attached hydrogens (tertiary/aromatic N) is 2. The highest BCUT2D eigenvalue weighted by Gasteiger charge is 2.49. The second-order valence-electron chi connectivity index (χ2n) is 6.40. The number of amides is 4. The summed E-state index contributed by atoms with van der Waals surface area (Å²) >= 11 is 3.38. The van der Waals surface area contributed by atoms with Crippen molar-refractivity contribution in [3.8, 4) is 0 Å². The zero-order chi connectivity index (χ0) is 17.3. The van der Waals surface area contributed by atoms with Crippen LogP contribution >= 0.6 is 15.9 Å². The van der Waals surface area contributed by atoms with Crippen LogP contribution in [0.15, 0.2) is 28.7 Å². The van der Waals surface area contributed by atoms with Gasteiger partial charge in [0.2, 0.25) is 5.91 Å². The number of urea groups is 1. The van der Waals surface area contributed by atoms with Crippen molar-refractivity contribution in [2.45, 2.75) is 31.7 Å². The summed E-state index contributed by atoms with van der Waals surface area (Å²) in [5.74, 6) is -0.562. The molecule has 1 N–H and O–H groups in total. The molecule has 0 aliphatic carbocycles. The summed E-state index contributed by atoms with van der Waals surface area (Å²) in [4.78, 5) is 40.3. The van der Waals surface area contributed by atoms with E-state index in [0.29, 0.717) is 18.7 Å². The standard InChI is InChI=1S/C17H20BrN3O3/c1-17(12-6-5-7-13(18)10-12)15(23)21(16(24)19-17)11-14(22)20-8-3-2-4-9-20/h5-7,10H,2-4,8-9,11H2,1H3,(H,19,24). The minimum Gasteiger partial charge on any atom is -0.341 e. The molecule has 6 nitrogen and oxygen atoms in total. The molecule has 24 heavy (non-hydrogen) atoms. The molecule has 1 unspecified atom stereocenters. The SMILES string of the molecule is CC1(c2cccc(Br)c2)NC(=O)N(CC(=O)N2CCCCC2)C1=O. The van der Waals surface area contributed by atoms with E-state index in [1.165, 1.54) is 0 Å². The van der Waals surface area contributed by atoms with E-state index in [4.69, 9.17) is 0 Å². The summed E-state index contributed by atoms with van der Waals surface area (Å²) < 4.78 is 0.825. The van der Waals surface area contributed by atoms with Crippen LogP contribution in [0.2, 0.25) is 0 Å². The van der Waals surface area contributed by atoms with Crippen LogP contribution in [0.3, 0.4) is 0 Å². The topological polar surface area (TPSA) is 69.7 Å². The van der Waals surface area contributed by atoms with E-state index >= 15 is 0 Å². The number of imide groups is 1. The smallest absolute Gasteiger partial charge is 0.325 e. The highest BCUT2D eigenvalue weighted by molar-refractivity contribution is 9.10. The van der Waals surface area contributed by atoms with Crippen molar-refractivity contribution in [3.05, 3.63) is 34.3 Å². The fourth-order valence-electron chi connectivity index (χ4n) is 3.21. The molecule has 1 aromatic rings. The molecule has 0 spiro atoms. The van der Waals surface area contributed by atoms with E-state index < -0.39 is 17.5 Å². The highest BCUT2D eigenvalue weighted by atomic mass is 79.9. The van der Waals surface area contributed by atoms with E-state index in [1.807, 2.05) is 12.1 Å². The minimum atomic E-state index is -1.15. The van der Waals surface area contributed by atoms with Crippen molar-refractivity contribution < 1.29 is 14.4 Å². The first-order valence-electron chi connectivity index (χ1n) is 8.10. The van der Waals surface area contributed by atoms with Gasteiger partial charge in [-0.25, -0.2) is 4.79 Å². The number of benzene rings is 1. The fourth-order valence-corrected chi connectivity index (χ4v) is 3.61. The Labute approximate surface area is 149 Å². The van der Waals surface area contributed by atoms with Gasteiger partial charge in [-0.05, 0) is 43.9 Å². The normalized spacial score (nSPS) is 24.2. The largest absolute Gasteiger partial charge is 0.341 e. The Hall–Kier alpha value is -1.89. The molecular formula is C17H20BrN3O3. The zero-order valence-corrected chi connectivity index (χ0v) is 15.1. The van der Waals surface area contributed by atoms with Crippen LogP contribution in [0.1, 0.15) is 31.7 Å². The lowest BCUT2D eigenvalue weighted by atomic mass is 9.92. The van der Waals surface area contributed by atoms with Gasteiger partial charge in [0.05, 0.1) is 0 Å². The van der Waals surface area contributed by atoms with Gasteiger partial charge < -0.3 is 10.2 Å². The summed E-state index contributed by atoms with van der Waals surface area (Å²) in [6.45, 7) is 2.87. The Morgan fingerprint density at radius 3 is 2.62 bits per heavy atom. The van der Waals surface area contributed by atoms with Gasteiger partial charge in [-0.2, -0.15) is 0 Å². The summed E-state index contributed by atoms with van der Waals surface area (Å²) in [6, 6.07) is 6.73. The molecule has 0 radical (unpaired) electrons. The molecule has 1 atom stereocenters. The van der Waals surface area contributed by atoms with Gasteiger partial charge in [0.25, 0.3) is 5.91 Å². The van der Waals surface area contributed by atoms with Crippen LogP contribution in [-0.2, 0) is 15.1 Å². The molecule has 0 saturated carbocycles. The van der Waals surface area contributed by atoms with E-state index in [1.54, 1.807) is 24.0 Å². The molecule has 2 fully saturated rings. The summed E-state index contributed by atoms with van der Waals surface area (Å²) in [7, 11) is 0. The lowest BCUT2D eigenvalue weighted by molar-refractivity contribution is -0.139. The molecule has 128 valence electrons. The van der Waals surface area contributed by atoms with Gasteiger partial charge in [-0.1, -0.05) is 28.1 Å². The number of likely N-dealkylation sites (tertiary alicyclic amines) is 1. The first-order valence-corrected chi connectivity index (χ1v) is 8.89. The Morgan fingerprint density at radius 2 is 1.96 bits per heavy atom. The third-order valence-corrected chi connectivity index (χ3v) is 5.17. The lowest BCUT2D eigenvalue weighted by Crippen LogP contribution is -2.45. The Kier molecular flexibility index (Phi) is 4.62. The molecule has 4 amide bonds. The fraction of sp³-hybridized carbons (Fsp3) is 0.471. The van der Waals surface area contributed by atoms with Gasteiger partial charge in [0, 0.05) is 17.6 Å². The quantitative estimate of drug-likeness (QED) is 0.800. The minimum absolute atomic E-state index is 0.170. The highest BCUT2D eigenvalue weighted by Crippen LogP contribution is 2.30. The summed E-state index contributed by atoms with van der Waals surface area (Å²) in [5, 5.41) is 2.73. The molecule has 7 heteroatoms. The second kappa shape index (κ2) is 6.55. The zero-order valence-electron chi connectivity index (χ0n) is 13.5. The molecule has 2 aliphatic heterocycles. The van der Waals surface area contributed by atoms with Crippen LogP contribution in [0, 0.1) is 0 Å². The van der Waals surface area contributed by atoms with Crippen molar-refractivity contribution in [3.63, 3.8) is 0 Å². The molecule has 2 aliphatic rings. The number of carbonyl (C=O) groups excluding carboxylic acids is 3. The summed E-state index contributed by atoms with van der Waals surface area (Å²) in [5.41, 5.74) is -0.466. The third-order valence-electron chi connectivity index (χ3n) is 4.68. The number of hydrogen-bond acceptors (Lipinski definition) is 3. The number of rotatable bonds is 3. The van der Waals surface area contributed by atoms with Crippen molar-refractivity contribution in [1.82, 2.24) is 15.1 Å². The maximum absolute atomic E-state index is 12.8. The Bertz CT molecular complexity index is 687. The number of nitrogens with one attached hydrogen (secondary N) is 1. The van der Waals surface area contributed by atoms with Crippen molar-refractivity contribution >= 4 is 33.8 Å². The van der Waals surface area contributed by atoms with E-state index in [-0.39, 0.29) is 12.5 Å². The van der Waals surface area contributed by atoms with Crippen molar-refractivity contribution in [2.75, 3.05) is 19.6 Å². The van der Waals surface area contributed by atoms with Crippen LogP contribution < -0.4 is 5.32 Å². The lowest BCUT2D eigenvalue weighted by Gasteiger charge is -2.28. The predicted octanol–water partition coefficient (Wildman–Crippen LogP) is 2.23. The monoisotopic (exact) mass is 393 g/mol. The van der Waals surface area contributed by atoms with E-state index in [2.05, 4.69) is 21.2 Å². The number of hydrogen-bond donors (Lipinski definition) is 1. The van der Waals surface area contributed by atoms with Crippen LogP contribution in [-0.4, -0.2) is 47.3 Å². The van der Waals surface area contributed by atoms with Gasteiger partial charge in [-0.3, -0.25) is 14.5 Å². The Morgan fingerprint density at radius 1 is 1.25 bits per heavy atom. The maximum Gasteiger partial charge on any atom is 0.325 e. The first kappa shape index (κ1) is 17.0. The molecule has 2 heterocycles. The molecule has 2 saturated heterocycles. The van der Waals surface area contributed by atoms with E-state index in [9.17, 15) is 14.4 Å². The third kappa shape index (κ3) is 3.05. The number of carbonyl (C=O) groups is 3. The van der Waals surface area contributed by atoms with Gasteiger partial charge in [0.1, 0.15) is 12.1 Å². The Balaban J connectivity index is 1.77. The van der Waals surface area contributed by atoms with Crippen molar-refractivity contribution in [2.24, 2.45) is 0 Å². The average Bonchev–Trinajstić information content (AvgIpc) is 2.80. The molecule has 1 aromatic carbocycles. The number of piperidine rings is 1. The molecule has 0 bridgehead atoms. The average molecular weight is 394 g/mol. The summed E-state index contributed by atoms with van der Waals surface area (Å²) in [6.07, 6.45) is 3.07. The van der Waals surface area contributed by atoms with Crippen LogP contribution in [0.5, 0.6) is 0 Å². The molecule has 3 rings (SSSR count). The van der Waals surface area contributed by atoms with Crippen molar-refractivity contribution in [1.29, 1.82) is 0 Å². The van der Waals surface area contributed by atoms with Crippen LogP contribution in [0.25, 0.3) is 0 Å². The molecular weight excluding hydrogens is 374 g/mol. The van der Waals surface area contributed by atoms with Gasteiger partial charge in [0.15, 0.2) is 0 Å². The molecule has 0 aromatic heterocycles. The second-order valence-corrected chi connectivity index (χ2v) is 7.31. The van der Waals surface area contributed by atoms with Crippen LogP contribution in [0.4, 0.5) is 4.79 Å². The van der Waals surface area contributed by atoms with E-state index in [0.717, 1.165) is 28.6 Å². The van der Waals surface area contributed by atoms with Gasteiger partial charge >= 0.3 is 6.03 Å². The predicted molar refractivity (Wildman–Crippen MR) is 92.2 cm³/mol. The van der Waals surface area contributed by atoms with Gasteiger partial charge in [-0.15, -0.1) is 0 Å². The maximum atomic E-state index is 12.8.